The third-order valence-corrected chi connectivity index (χ3v) is 5.10. The molecule has 0 aliphatic carbocycles. The molecule has 2 aromatic carbocycles. The minimum absolute atomic E-state index is 0.0135. The van der Waals surface area contributed by atoms with Crippen molar-refractivity contribution in [1.82, 2.24) is 15.5 Å². The quantitative estimate of drug-likeness (QED) is 0.869. The van der Waals surface area contributed by atoms with Gasteiger partial charge in [0.25, 0.3) is 0 Å². The van der Waals surface area contributed by atoms with Crippen LogP contribution in [0.15, 0.2) is 36.4 Å². The number of rotatable bonds is 4. The molecule has 1 atom stereocenters. The summed E-state index contributed by atoms with van der Waals surface area (Å²) in [4.78, 5) is 25.5. The van der Waals surface area contributed by atoms with Crippen molar-refractivity contribution >= 4 is 22.7 Å². The van der Waals surface area contributed by atoms with Gasteiger partial charge in [-0.25, -0.2) is 4.79 Å². The van der Waals surface area contributed by atoms with Gasteiger partial charge in [-0.3, -0.25) is 4.79 Å². The summed E-state index contributed by atoms with van der Waals surface area (Å²) < 4.78 is 5.26. The number of urea groups is 1. The van der Waals surface area contributed by atoms with E-state index in [0.717, 1.165) is 34.9 Å². The average Bonchev–Trinajstić information content (AvgIpc) is 2.67. The zero-order valence-electron chi connectivity index (χ0n) is 16.1. The number of nitrogens with one attached hydrogen (secondary N) is 2. The molecule has 1 fully saturated rings. The van der Waals surface area contributed by atoms with E-state index in [2.05, 4.69) is 22.8 Å². The van der Waals surface area contributed by atoms with E-state index < -0.39 is 0 Å². The minimum Gasteiger partial charge on any atom is -0.497 e. The van der Waals surface area contributed by atoms with Gasteiger partial charge < -0.3 is 20.3 Å². The van der Waals surface area contributed by atoms with Crippen molar-refractivity contribution in [2.75, 3.05) is 20.2 Å². The SMILES string of the molecule is COc1ccc2cc([C@@H](C)NC(=O)N3CCC(NC(C)=O)CC3)ccc2c1. The molecule has 2 aromatic rings. The van der Waals surface area contributed by atoms with Gasteiger partial charge in [0.05, 0.1) is 13.2 Å². The molecule has 0 bridgehead atoms. The molecule has 27 heavy (non-hydrogen) atoms. The lowest BCUT2D eigenvalue weighted by Gasteiger charge is -2.33. The highest BCUT2D eigenvalue weighted by molar-refractivity contribution is 5.85. The Bertz CT molecular complexity index is 829. The summed E-state index contributed by atoms with van der Waals surface area (Å²) in [6.07, 6.45) is 1.58. The summed E-state index contributed by atoms with van der Waals surface area (Å²) in [6.45, 7) is 4.83. The van der Waals surface area contributed by atoms with Gasteiger partial charge in [-0.05, 0) is 54.3 Å². The van der Waals surface area contributed by atoms with Crippen molar-refractivity contribution in [3.8, 4) is 5.75 Å². The summed E-state index contributed by atoms with van der Waals surface area (Å²) in [5.41, 5.74) is 1.06. The van der Waals surface area contributed by atoms with Crippen molar-refractivity contribution in [2.45, 2.75) is 38.8 Å². The standard InChI is InChI=1S/C21H27N3O3/c1-14(16-4-5-18-13-20(27-3)7-6-17(18)12-16)22-21(26)24-10-8-19(9-11-24)23-15(2)25/h4-7,12-14,19H,8-11H2,1-3H3,(H,22,26)(H,23,25)/t14-/m1/s1. The molecule has 1 aliphatic heterocycles. The van der Waals surface area contributed by atoms with Crippen LogP contribution in [0.3, 0.4) is 0 Å². The summed E-state index contributed by atoms with van der Waals surface area (Å²) in [5, 5.41) is 8.23. The number of carbonyl (C=O) groups excluding carboxylic acids is 2. The van der Waals surface area contributed by atoms with Gasteiger partial charge in [0.2, 0.25) is 5.91 Å². The average molecular weight is 369 g/mol. The Morgan fingerprint density at radius 1 is 1.11 bits per heavy atom. The van der Waals surface area contributed by atoms with Crippen molar-refractivity contribution in [3.05, 3.63) is 42.0 Å². The van der Waals surface area contributed by atoms with Crippen LogP contribution in [-0.4, -0.2) is 43.1 Å². The summed E-state index contributed by atoms with van der Waals surface area (Å²) in [5.74, 6) is 0.819. The maximum absolute atomic E-state index is 12.6. The molecule has 0 aromatic heterocycles. The Labute approximate surface area is 159 Å². The number of hydrogen-bond donors (Lipinski definition) is 2. The molecule has 2 N–H and O–H groups in total. The molecule has 1 aliphatic rings. The van der Waals surface area contributed by atoms with Crippen LogP contribution in [0.25, 0.3) is 10.8 Å². The lowest BCUT2D eigenvalue weighted by molar-refractivity contribution is -0.119. The summed E-state index contributed by atoms with van der Waals surface area (Å²) in [7, 11) is 1.66. The summed E-state index contributed by atoms with van der Waals surface area (Å²) in [6, 6.07) is 12.2. The molecule has 0 radical (unpaired) electrons. The molecule has 3 amide bonds. The number of benzene rings is 2. The molecule has 3 rings (SSSR count). The zero-order chi connectivity index (χ0) is 19.4. The first-order valence-electron chi connectivity index (χ1n) is 9.36. The topological polar surface area (TPSA) is 70.7 Å². The molecular weight excluding hydrogens is 342 g/mol. The molecule has 6 nitrogen and oxygen atoms in total. The van der Waals surface area contributed by atoms with Crippen LogP contribution in [0, 0.1) is 0 Å². The van der Waals surface area contributed by atoms with Gasteiger partial charge >= 0.3 is 6.03 Å². The van der Waals surface area contributed by atoms with Crippen LogP contribution in [-0.2, 0) is 4.79 Å². The van der Waals surface area contributed by atoms with E-state index in [1.54, 1.807) is 7.11 Å². The van der Waals surface area contributed by atoms with Gasteiger partial charge in [0.15, 0.2) is 0 Å². The van der Waals surface area contributed by atoms with Crippen molar-refractivity contribution in [3.63, 3.8) is 0 Å². The van der Waals surface area contributed by atoms with E-state index in [0.29, 0.717) is 13.1 Å². The van der Waals surface area contributed by atoms with Crippen molar-refractivity contribution in [1.29, 1.82) is 0 Å². The maximum atomic E-state index is 12.6. The highest BCUT2D eigenvalue weighted by Gasteiger charge is 2.24. The van der Waals surface area contributed by atoms with E-state index >= 15 is 0 Å². The third kappa shape index (κ3) is 4.70. The largest absolute Gasteiger partial charge is 0.497 e. The number of ether oxygens (including phenoxy) is 1. The Morgan fingerprint density at radius 2 is 1.78 bits per heavy atom. The molecule has 0 spiro atoms. The maximum Gasteiger partial charge on any atom is 0.317 e. The number of nitrogens with zero attached hydrogens (tertiary/aromatic N) is 1. The molecule has 6 heteroatoms. The Kier molecular flexibility index (Phi) is 5.84. The fourth-order valence-corrected chi connectivity index (χ4v) is 3.51. The molecule has 144 valence electrons. The van der Waals surface area contributed by atoms with E-state index in [9.17, 15) is 9.59 Å². The van der Waals surface area contributed by atoms with Crippen LogP contribution >= 0.6 is 0 Å². The highest BCUT2D eigenvalue weighted by atomic mass is 16.5. The smallest absolute Gasteiger partial charge is 0.317 e. The van der Waals surface area contributed by atoms with E-state index in [-0.39, 0.29) is 24.0 Å². The second-order valence-corrected chi connectivity index (χ2v) is 7.11. The zero-order valence-corrected chi connectivity index (χ0v) is 16.1. The van der Waals surface area contributed by atoms with E-state index in [1.807, 2.05) is 36.1 Å². The first kappa shape index (κ1) is 19.0. The number of piperidine rings is 1. The predicted molar refractivity (Wildman–Crippen MR) is 106 cm³/mol. The van der Waals surface area contributed by atoms with Crippen LogP contribution in [0.5, 0.6) is 5.75 Å². The Morgan fingerprint density at radius 3 is 2.44 bits per heavy atom. The second-order valence-electron chi connectivity index (χ2n) is 7.11. The third-order valence-electron chi connectivity index (χ3n) is 5.10. The van der Waals surface area contributed by atoms with Crippen LogP contribution < -0.4 is 15.4 Å². The number of carbonyl (C=O) groups is 2. The van der Waals surface area contributed by atoms with Crippen LogP contribution in [0.1, 0.15) is 38.3 Å². The number of hydrogen-bond acceptors (Lipinski definition) is 3. The number of fused-ring (bicyclic) bond motifs is 1. The van der Waals surface area contributed by atoms with Gasteiger partial charge in [0, 0.05) is 26.1 Å². The Balaban J connectivity index is 1.60. The Hall–Kier alpha value is -2.76. The number of amides is 3. The van der Waals surface area contributed by atoms with Gasteiger partial charge in [-0.2, -0.15) is 0 Å². The van der Waals surface area contributed by atoms with Crippen molar-refractivity contribution < 1.29 is 14.3 Å². The number of likely N-dealkylation sites (tertiary alicyclic amines) is 1. The molecule has 1 saturated heterocycles. The minimum atomic E-state index is -0.0860. The van der Waals surface area contributed by atoms with E-state index in [4.69, 9.17) is 4.74 Å². The predicted octanol–water partition coefficient (Wildman–Crippen LogP) is 3.22. The fraction of sp³-hybridized carbons (Fsp3) is 0.429. The van der Waals surface area contributed by atoms with E-state index in [1.165, 1.54) is 6.92 Å². The lowest BCUT2D eigenvalue weighted by atomic mass is 10.0. The summed E-state index contributed by atoms with van der Waals surface area (Å²) >= 11 is 0. The molecule has 0 unspecified atom stereocenters. The highest BCUT2D eigenvalue weighted by Crippen LogP contribution is 2.24. The van der Waals surface area contributed by atoms with Gasteiger partial charge in [-0.15, -0.1) is 0 Å². The number of methoxy groups -OCH3 is 1. The lowest BCUT2D eigenvalue weighted by Crippen LogP contribution is -2.49. The molecule has 0 saturated carbocycles. The van der Waals surface area contributed by atoms with Crippen LogP contribution in [0.4, 0.5) is 4.79 Å². The van der Waals surface area contributed by atoms with Crippen LogP contribution in [0.2, 0.25) is 0 Å². The normalized spacial score (nSPS) is 16.0. The van der Waals surface area contributed by atoms with Crippen molar-refractivity contribution in [2.24, 2.45) is 0 Å². The molecule has 1 heterocycles. The fourth-order valence-electron chi connectivity index (χ4n) is 3.51. The monoisotopic (exact) mass is 369 g/mol. The van der Waals surface area contributed by atoms with Gasteiger partial charge in [0.1, 0.15) is 5.75 Å². The first-order valence-corrected chi connectivity index (χ1v) is 9.36. The second kappa shape index (κ2) is 8.29. The molecular formula is C21H27N3O3. The first-order chi connectivity index (χ1) is 13.0. The van der Waals surface area contributed by atoms with Gasteiger partial charge in [-0.1, -0.05) is 18.2 Å².